The van der Waals surface area contributed by atoms with Crippen molar-refractivity contribution < 1.29 is 66.6 Å². The molecule has 2 saturated heterocycles. The Kier molecular flexibility index (Phi) is 14.0. The van der Waals surface area contributed by atoms with E-state index >= 15 is 0 Å². The number of halogens is 1. The number of aromatic nitrogens is 1. The quantitative estimate of drug-likeness (QED) is 0.0804. The molecule has 3 heterocycles. The number of nitrogens with zero attached hydrogens (tertiary/aromatic N) is 5. The molecule has 2 aliphatic heterocycles. The summed E-state index contributed by atoms with van der Waals surface area (Å²) in [5.74, 6) is -0.809. The van der Waals surface area contributed by atoms with Crippen LogP contribution in [-0.4, -0.2) is 87.7 Å². The van der Waals surface area contributed by atoms with Gasteiger partial charge in [0, 0.05) is 48.2 Å². The first-order chi connectivity index (χ1) is 27.9. The monoisotopic (exact) mass is 864 g/mol. The number of amides is 4. The van der Waals surface area contributed by atoms with Gasteiger partial charge < -0.3 is 24.5 Å². The molecule has 1 N–H and O–H groups in total. The molecule has 2 fully saturated rings. The van der Waals surface area contributed by atoms with Gasteiger partial charge in [0.1, 0.15) is 18.0 Å². The van der Waals surface area contributed by atoms with E-state index in [4.69, 9.17) is 16.1 Å². The fourth-order valence-corrected chi connectivity index (χ4v) is 9.27. The van der Waals surface area contributed by atoms with Crippen molar-refractivity contribution in [2.24, 2.45) is 0 Å². The van der Waals surface area contributed by atoms with E-state index in [1.54, 1.807) is 53.5 Å². The van der Waals surface area contributed by atoms with Gasteiger partial charge in [-0.1, -0.05) is 78.3 Å². The number of fused-ring (bicyclic) bond motifs is 2. The Labute approximate surface area is 370 Å². The maximum atomic E-state index is 14.8. The van der Waals surface area contributed by atoms with Crippen LogP contribution in [0.15, 0.2) is 121 Å². The van der Waals surface area contributed by atoms with E-state index in [-0.39, 0.29) is 96.4 Å². The van der Waals surface area contributed by atoms with Crippen LogP contribution >= 0.6 is 20.6 Å². The van der Waals surface area contributed by atoms with Crippen LogP contribution < -0.4 is 44.3 Å². The van der Waals surface area contributed by atoms with E-state index in [9.17, 15) is 32.5 Å². The van der Waals surface area contributed by atoms with E-state index in [1.807, 2.05) is 30.3 Å². The van der Waals surface area contributed by atoms with E-state index in [2.05, 4.69) is 11.9 Å². The molecule has 0 aliphatic carbocycles. The van der Waals surface area contributed by atoms with Crippen LogP contribution in [0.1, 0.15) is 34.0 Å². The first-order valence-electron chi connectivity index (χ1n) is 18.3. The van der Waals surface area contributed by atoms with Gasteiger partial charge in [-0.25, -0.2) is 27.2 Å². The number of urea groups is 1. The summed E-state index contributed by atoms with van der Waals surface area (Å²) < 4.78 is 34.6. The standard InChI is InChI=1S/C41H39ClN6O8PS.Na/c1-3-20-45-26-38(50)47-36(21-28-12-16-32(17-13-28)56-57-53)40(51)44(25-37(47)48(45)41(52)43-22-29-8-5-4-6-9-29)23-30-10-7-11-34-35(27(2)49)24-46(39(30)34)58(54,55)33-18-14-31(42)15-19-33;/h3-19,24,36-37,57H,1,20-23,25-26H2,2H3,(H,43,52);/q-1;+1/t36-,37-;/m0./s1. The number of hydrogen-bond donors (Lipinski definition) is 1. The van der Waals surface area contributed by atoms with E-state index in [0.29, 0.717) is 27.3 Å². The molecule has 18 heteroatoms. The number of rotatable bonds is 13. The summed E-state index contributed by atoms with van der Waals surface area (Å²) in [6, 6.07) is 25.1. The largest absolute Gasteiger partial charge is 1.00 e. The van der Waals surface area contributed by atoms with Gasteiger partial charge >= 0.3 is 35.6 Å². The van der Waals surface area contributed by atoms with Crippen molar-refractivity contribution in [1.82, 2.24) is 29.1 Å². The molecular formula is C41H39ClN6NaO8PS. The molecule has 0 spiro atoms. The molecule has 0 radical (unpaired) electrons. The third-order valence-electron chi connectivity index (χ3n) is 10.2. The Morgan fingerprint density at radius 1 is 0.983 bits per heavy atom. The minimum atomic E-state index is -4.28. The summed E-state index contributed by atoms with van der Waals surface area (Å²) in [7, 11) is -5.29. The predicted octanol–water partition coefficient (Wildman–Crippen LogP) is 1.72. The number of para-hydroxylation sites is 1. The van der Waals surface area contributed by atoms with Crippen molar-refractivity contribution in [3.63, 3.8) is 0 Å². The minimum Gasteiger partial charge on any atom is -0.801 e. The number of hydrogen-bond acceptors (Lipinski definition) is 9. The van der Waals surface area contributed by atoms with Crippen LogP contribution in [0.4, 0.5) is 4.79 Å². The number of carbonyl (C=O) groups excluding carboxylic acids is 4. The topological polar surface area (TPSA) is 165 Å². The van der Waals surface area contributed by atoms with Gasteiger partial charge in [0.15, 0.2) is 5.78 Å². The molecule has 4 amide bonds. The van der Waals surface area contributed by atoms with Crippen molar-refractivity contribution in [2.75, 3.05) is 19.6 Å². The number of nitrogens with one attached hydrogen (secondary N) is 1. The van der Waals surface area contributed by atoms with Gasteiger partial charge in [0.2, 0.25) is 11.8 Å². The van der Waals surface area contributed by atoms with Crippen molar-refractivity contribution in [3.05, 3.63) is 143 Å². The van der Waals surface area contributed by atoms with Crippen LogP contribution in [-0.2, 0) is 39.1 Å². The van der Waals surface area contributed by atoms with Crippen molar-refractivity contribution in [3.8, 4) is 5.75 Å². The summed E-state index contributed by atoms with van der Waals surface area (Å²) in [5, 5.41) is 6.72. The summed E-state index contributed by atoms with van der Waals surface area (Å²) in [6.07, 6.45) is 1.94. The van der Waals surface area contributed by atoms with Crippen LogP contribution in [0.25, 0.3) is 10.9 Å². The summed E-state index contributed by atoms with van der Waals surface area (Å²) in [4.78, 5) is 70.1. The summed E-state index contributed by atoms with van der Waals surface area (Å²) >= 11 is 6.08. The molecule has 300 valence electrons. The predicted molar refractivity (Wildman–Crippen MR) is 217 cm³/mol. The second-order valence-electron chi connectivity index (χ2n) is 13.8. The zero-order chi connectivity index (χ0) is 41.1. The van der Waals surface area contributed by atoms with Gasteiger partial charge in [-0.05, 0) is 69.0 Å². The molecule has 5 aromatic rings. The number of Topliss-reactive ketones (excluding diaryl/α,β-unsaturated/α-hetero) is 1. The van der Waals surface area contributed by atoms with Gasteiger partial charge in [-0.15, -0.1) is 6.58 Å². The number of piperazine rings is 1. The number of ketones is 1. The van der Waals surface area contributed by atoms with E-state index < -0.39 is 43.2 Å². The molecule has 1 aromatic heterocycles. The third-order valence-corrected chi connectivity index (χ3v) is 12.4. The molecule has 0 saturated carbocycles. The number of hydrazine groups is 1. The molecule has 2 aliphatic rings. The Bertz CT molecular complexity index is 2490. The Morgan fingerprint density at radius 3 is 2.36 bits per heavy atom. The fraction of sp³-hybridized carbons (Fsp3) is 0.220. The molecule has 14 nitrogen and oxygen atoms in total. The average molecular weight is 865 g/mol. The summed E-state index contributed by atoms with van der Waals surface area (Å²) in [6.45, 7) is 5.06. The van der Waals surface area contributed by atoms with Crippen LogP contribution in [0, 0.1) is 0 Å². The second kappa shape index (κ2) is 18.8. The Balaban J connectivity index is 0.00000585. The minimum absolute atomic E-state index is 0. The van der Waals surface area contributed by atoms with Crippen LogP contribution in [0.5, 0.6) is 5.75 Å². The van der Waals surface area contributed by atoms with Gasteiger partial charge in [-0.3, -0.25) is 14.4 Å². The molecular weight excluding hydrogens is 826 g/mol. The summed E-state index contributed by atoms with van der Waals surface area (Å²) in [5.41, 5.74) is 2.31. The smallest absolute Gasteiger partial charge is 0.801 e. The number of carbonyl (C=O) groups is 4. The number of benzene rings is 4. The zero-order valence-corrected chi connectivity index (χ0v) is 36.9. The van der Waals surface area contributed by atoms with Crippen molar-refractivity contribution in [2.45, 2.75) is 43.5 Å². The van der Waals surface area contributed by atoms with Crippen molar-refractivity contribution in [1.29, 1.82) is 0 Å². The molecule has 7 rings (SSSR count). The maximum Gasteiger partial charge on any atom is 1.00 e. The van der Waals surface area contributed by atoms with E-state index in [0.717, 1.165) is 9.54 Å². The normalized spacial score (nSPS) is 17.2. The van der Waals surface area contributed by atoms with Crippen LogP contribution in [0.3, 0.4) is 0 Å². The average Bonchev–Trinajstić information content (AvgIpc) is 3.62. The van der Waals surface area contributed by atoms with Crippen molar-refractivity contribution >= 4 is 65.2 Å². The molecule has 1 unspecified atom stereocenters. The zero-order valence-electron chi connectivity index (χ0n) is 32.3. The molecule has 59 heavy (non-hydrogen) atoms. The Morgan fingerprint density at radius 2 is 1.69 bits per heavy atom. The van der Waals surface area contributed by atoms with Gasteiger partial charge in [0.25, 0.3) is 10.0 Å². The molecule has 0 bridgehead atoms. The maximum absolute atomic E-state index is 14.8. The second-order valence-corrected chi connectivity index (χ2v) is 16.5. The van der Waals surface area contributed by atoms with Gasteiger partial charge in [-0.2, -0.15) is 0 Å². The van der Waals surface area contributed by atoms with Crippen LogP contribution in [0.2, 0.25) is 5.02 Å². The fourth-order valence-electron chi connectivity index (χ4n) is 7.51. The first-order valence-corrected chi connectivity index (χ1v) is 20.9. The molecule has 4 aromatic carbocycles. The van der Waals surface area contributed by atoms with E-state index in [1.165, 1.54) is 52.2 Å². The SMILES string of the molecule is C=CCN1CC(=O)N2[C@@H](Cc3ccc(OP[O-])cc3)C(=O)N(Cc3cccc4c(C(C)=O)cn(S(=O)(=O)c5ccc(Cl)cc5)c34)C[C@@H]2N1C(=O)NCc1ccccc1.[Na+]. The molecule has 3 atom stereocenters. The first kappa shape index (κ1) is 44.0. The Hall–Kier alpha value is -4.57. The third kappa shape index (κ3) is 9.13. The van der Waals surface area contributed by atoms with Gasteiger partial charge in [0.05, 0.1) is 23.5 Å².